The summed E-state index contributed by atoms with van der Waals surface area (Å²) in [5.41, 5.74) is -0.403. The van der Waals surface area contributed by atoms with Gasteiger partial charge in [0.2, 0.25) is 0 Å². The molecule has 1 atom stereocenters. The Labute approximate surface area is 92.2 Å². The van der Waals surface area contributed by atoms with Gasteiger partial charge in [-0.2, -0.15) is 0 Å². The zero-order valence-corrected chi connectivity index (χ0v) is 10.4. The van der Waals surface area contributed by atoms with Gasteiger partial charge in [-0.15, -0.1) is 0 Å². The molecule has 1 aliphatic heterocycles. The largest absolute Gasteiger partial charge is 0.444 e. The topological polar surface area (TPSA) is 32.8 Å². The van der Waals surface area contributed by atoms with Crippen molar-refractivity contribution in [1.29, 1.82) is 0 Å². The van der Waals surface area contributed by atoms with E-state index in [1.807, 2.05) is 25.7 Å². The number of rotatable bonds is 0. The molecular weight excluding hydrogens is 192 g/mol. The lowest BCUT2D eigenvalue weighted by atomic mass is 10.2. The van der Waals surface area contributed by atoms with Crippen LogP contribution in [-0.4, -0.2) is 54.2 Å². The second-order valence-corrected chi connectivity index (χ2v) is 5.29. The van der Waals surface area contributed by atoms with E-state index in [0.717, 1.165) is 19.6 Å². The number of piperazine rings is 1. The Kier molecular flexibility index (Phi) is 3.60. The van der Waals surface area contributed by atoms with E-state index in [2.05, 4.69) is 18.9 Å². The van der Waals surface area contributed by atoms with E-state index in [0.29, 0.717) is 0 Å². The molecule has 0 unspecified atom stereocenters. The molecule has 0 aromatic rings. The van der Waals surface area contributed by atoms with Gasteiger partial charge in [-0.1, -0.05) is 0 Å². The minimum atomic E-state index is -0.403. The molecule has 1 aliphatic rings. The maximum absolute atomic E-state index is 11.8. The minimum Gasteiger partial charge on any atom is -0.444 e. The van der Waals surface area contributed by atoms with Crippen LogP contribution in [0.1, 0.15) is 27.7 Å². The molecule has 0 saturated carbocycles. The standard InChI is InChI=1S/C11H22N2O2/c1-9-8-12(5)6-7-13(9)10(14)15-11(2,3)4/h9H,6-8H2,1-5H3/t9-/m1/s1. The van der Waals surface area contributed by atoms with Crippen LogP contribution in [0.3, 0.4) is 0 Å². The van der Waals surface area contributed by atoms with Crippen LogP contribution >= 0.6 is 0 Å². The molecule has 1 amide bonds. The van der Waals surface area contributed by atoms with Gasteiger partial charge >= 0.3 is 6.09 Å². The second kappa shape index (κ2) is 4.39. The summed E-state index contributed by atoms with van der Waals surface area (Å²) in [5, 5.41) is 0. The molecule has 88 valence electrons. The zero-order chi connectivity index (χ0) is 11.6. The first-order chi connectivity index (χ1) is 6.79. The normalized spacial score (nSPS) is 24.1. The molecular formula is C11H22N2O2. The predicted octanol–water partition coefficient (Wildman–Crippen LogP) is 1.56. The molecule has 4 nitrogen and oxygen atoms in total. The summed E-state index contributed by atoms with van der Waals surface area (Å²) in [4.78, 5) is 15.9. The fourth-order valence-electron chi connectivity index (χ4n) is 1.73. The molecule has 0 aromatic carbocycles. The Morgan fingerprint density at radius 3 is 2.40 bits per heavy atom. The Bertz CT molecular complexity index is 235. The SMILES string of the molecule is C[C@@H]1CN(C)CCN1C(=O)OC(C)(C)C. The Morgan fingerprint density at radius 2 is 1.93 bits per heavy atom. The molecule has 0 aliphatic carbocycles. The Hall–Kier alpha value is -0.770. The van der Waals surface area contributed by atoms with Crippen molar-refractivity contribution in [2.45, 2.75) is 39.3 Å². The number of hydrogen-bond acceptors (Lipinski definition) is 3. The second-order valence-electron chi connectivity index (χ2n) is 5.29. The van der Waals surface area contributed by atoms with Crippen LogP contribution in [0, 0.1) is 0 Å². The third-order valence-corrected chi connectivity index (χ3v) is 2.46. The number of amides is 1. The molecule has 0 radical (unpaired) electrons. The molecule has 1 heterocycles. The van der Waals surface area contributed by atoms with Crippen LogP contribution in [0.5, 0.6) is 0 Å². The summed E-state index contributed by atoms with van der Waals surface area (Å²) in [6, 6.07) is 0.235. The predicted molar refractivity (Wildman–Crippen MR) is 59.9 cm³/mol. The number of likely N-dealkylation sites (N-methyl/N-ethyl adjacent to an activating group) is 1. The summed E-state index contributed by atoms with van der Waals surface area (Å²) in [6.07, 6.45) is -0.192. The first-order valence-corrected chi connectivity index (χ1v) is 5.48. The van der Waals surface area contributed by atoms with E-state index in [4.69, 9.17) is 4.74 Å². The third kappa shape index (κ3) is 3.70. The molecule has 1 fully saturated rings. The molecule has 0 bridgehead atoms. The monoisotopic (exact) mass is 214 g/mol. The highest BCUT2D eigenvalue weighted by atomic mass is 16.6. The number of ether oxygens (including phenoxy) is 1. The number of nitrogens with zero attached hydrogens (tertiary/aromatic N) is 2. The Balaban J connectivity index is 2.53. The first-order valence-electron chi connectivity index (χ1n) is 5.48. The lowest BCUT2D eigenvalue weighted by Gasteiger charge is -2.38. The lowest BCUT2D eigenvalue weighted by Crippen LogP contribution is -2.53. The minimum absolute atomic E-state index is 0.192. The van der Waals surface area contributed by atoms with Crippen molar-refractivity contribution < 1.29 is 9.53 Å². The van der Waals surface area contributed by atoms with Crippen LogP contribution in [-0.2, 0) is 4.74 Å². The molecule has 1 rings (SSSR count). The summed E-state index contributed by atoms with van der Waals surface area (Å²) in [6.45, 7) is 10.3. The van der Waals surface area contributed by atoms with Crippen molar-refractivity contribution in [3.8, 4) is 0 Å². The molecule has 0 N–H and O–H groups in total. The maximum Gasteiger partial charge on any atom is 0.410 e. The average molecular weight is 214 g/mol. The van der Waals surface area contributed by atoms with Gasteiger partial charge in [-0.25, -0.2) is 4.79 Å². The highest BCUT2D eigenvalue weighted by Crippen LogP contribution is 2.14. The molecule has 0 aromatic heterocycles. The highest BCUT2D eigenvalue weighted by molar-refractivity contribution is 5.68. The van der Waals surface area contributed by atoms with Gasteiger partial charge in [-0.05, 0) is 34.7 Å². The van der Waals surface area contributed by atoms with Crippen LogP contribution < -0.4 is 0 Å². The average Bonchev–Trinajstić information content (AvgIpc) is 1.99. The van der Waals surface area contributed by atoms with Gasteiger partial charge in [0.25, 0.3) is 0 Å². The van der Waals surface area contributed by atoms with E-state index < -0.39 is 5.60 Å². The van der Waals surface area contributed by atoms with E-state index in [1.165, 1.54) is 0 Å². The van der Waals surface area contributed by atoms with Gasteiger partial charge < -0.3 is 14.5 Å². The maximum atomic E-state index is 11.8. The van der Waals surface area contributed by atoms with Crippen LogP contribution in [0.4, 0.5) is 4.79 Å². The van der Waals surface area contributed by atoms with Crippen LogP contribution in [0.15, 0.2) is 0 Å². The van der Waals surface area contributed by atoms with Crippen molar-refractivity contribution in [3.63, 3.8) is 0 Å². The van der Waals surface area contributed by atoms with Gasteiger partial charge in [0.15, 0.2) is 0 Å². The van der Waals surface area contributed by atoms with Crippen molar-refractivity contribution in [2.24, 2.45) is 0 Å². The fourth-order valence-corrected chi connectivity index (χ4v) is 1.73. The smallest absolute Gasteiger partial charge is 0.410 e. The van der Waals surface area contributed by atoms with Gasteiger partial charge in [0.1, 0.15) is 5.60 Å². The molecule has 1 saturated heterocycles. The van der Waals surface area contributed by atoms with Crippen LogP contribution in [0.2, 0.25) is 0 Å². The molecule has 15 heavy (non-hydrogen) atoms. The van der Waals surface area contributed by atoms with Crippen LogP contribution in [0.25, 0.3) is 0 Å². The van der Waals surface area contributed by atoms with E-state index in [9.17, 15) is 4.79 Å². The van der Waals surface area contributed by atoms with Crippen molar-refractivity contribution >= 4 is 6.09 Å². The van der Waals surface area contributed by atoms with Crippen molar-refractivity contribution in [2.75, 3.05) is 26.7 Å². The van der Waals surface area contributed by atoms with Gasteiger partial charge in [0, 0.05) is 25.7 Å². The Morgan fingerprint density at radius 1 is 1.33 bits per heavy atom. The summed E-state index contributed by atoms with van der Waals surface area (Å²) >= 11 is 0. The molecule has 4 heteroatoms. The quantitative estimate of drug-likeness (QED) is 0.613. The van der Waals surface area contributed by atoms with Gasteiger partial charge in [0.05, 0.1) is 0 Å². The number of hydrogen-bond donors (Lipinski definition) is 0. The summed E-state index contributed by atoms with van der Waals surface area (Å²) in [5.74, 6) is 0. The highest BCUT2D eigenvalue weighted by Gasteiger charge is 2.29. The van der Waals surface area contributed by atoms with Crippen molar-refractivity contribution in [1.82, 2.24) is 9.80 Å². The van der Waals surface area contributed by atoms with Crippen molar-refractivity contribution in [3.05, 3.63) is 0 Å². The van der Waals surface area contributed by atoms with E-state index >= 15 is 0 Å². The lowest BCUT2D eigenvalue weighted by molar-refractivity contribution is 0.00431. The zero-order valence-electron chi connectivity index (χ0n) is 10.4. The number of carbonyl (C=O) groups is 1. The van der Waals surface area contributed by atoms with E-state index in [1.54, 1.807) is 0 Å². The first kappa shape index (κ1) is 12.3. The number of carbonyl (C=O) groups excluding carboxylic acids is 1. The van der Waals surface area contributed by atoms with Gasteiger partial charge in [-0.3, -0.25) is 0 Å². The van der Waals surface area contributed by atoms with E-state index in [-0.39, 0.29) is 12.1 Å². The summed E-state index contributed by atoms with van der Waals surface area (Å²) in [7, 11) is 2.07. The summed E-state index contributed by atoms with van der Waals surface area (Å²) < 4.78 is 5.35. The third-order valence-electron chi connectivity index (χ3n) is 2.46. The molecule has 0 spiro atoms. The fraction of sp³-hybridized carbons (Fsp3) is 0.909.